The summed E-state index contributed by atoms with van der Waals surface area (Å²) in [4.78, 5) is 22.4. The van der Waals surface area contributed by atoms with Crippen molar-refractivity contribution >= 4 is 11.6 Å². The molecule has 0 saturated carbocycles. The molecule has 0 spiro atoms. The second-order valence-electron chi connectivity index (χ2n) is 4.53. The lowest BCUT2D eigenvalue weighted by Crippen LogP contribution is -2.25. The van der Waals surface area contributed by atoms with Gasteiger partial charge < -0.3 is 5.32 Å². The molecule has 0 fully saturated rings. The van der Waals surface area contributed by atoms with Crippen LogP contribution in [0.1, 0.15) is 17.4 Å². The molecule has 0 aliphatic rings. The maximum atomic E-state index is 11.9. The first-order valence-corrected chi connectivity index (χ1v) is 6.21. The van der Waals surface area contributed by atoms with Crippen LogP contribution in [0.15, 0.2) is 48.7 Å². The van der Waals surface area contributed by atoms with Crippen LogP contribution in [0.25, 0.3) is 5.69 Å². The maximum Gasteiger partial charge on any atom is 0.294 e. The molecule has 0 radical (unpaired) electrons. The van der Waals surface area contributed by atoms with Crippen molar-refractivity contribution in [2.45, 2.75) is 6.92 Å². The van der Waals surface area contributed by atoms with Crippen molar-refractivity contribution in [3.8, 4) is 5.69 Å². The molecular weight excluding hydrogens is 272 g/mol. The van der Waals surface area contributed by atoms with E-state index in [4.69, 9.17) is 0 Å². The van der Waals surface area contributed by atoms with E-state index in [1.165, 1.54) is 23.0 Å². The van der Waals surface area contributed by atoms with Gasteiger partial charge in [0, 0.05) is 18.8 Å². The van der Waals surface area contributed by atoms with E-state index in [1.807, 2.05) is 0 Å². The summed E-state index contributed by atoms with van der Waals surface area (Å²) in [6.07, 6.45) is 1.51. The average Bonchev–Trinajstić information content (AvgIpc) is 2.94. The third-order valence-electron chi connectivity index (χ3n) is 2.70. The number of nitrogens with zero attached hydrogens (tertiary/aromatic N) is 3. The summed E-state index contributed by atoms with van der Waals surface area (Å²) in [6.45, 7) is 5.85. The second kappa shape index (κ2) is 6.00. The van der Waals surface area contributed by atoms with Crippen LogP contribution in [-0.2, 0) is 0 Å². The Kier molecular flexibility index (Phi) is 4.13. The summed E-state index contributed by atoms with van der Waals surface area (Å²) >= 11 is 0. The molecular formula is C14H14N4O3. The molecule has 2 aromatic rings. The average molecular weight is 286 g/mol. The van der Waals surface area contributed by atoms with Crippen LogP contribution in [0.4, 0.5) is 5.69 Å². The van der Waals surface area contributed by atoms with Crippen LogP contribution in [0.5, 0.6) is 0 Å². The Labute approximate surface area is 121 Å². The number of nitrogens with one attached hydrogen (secondary N) is 1. The van der Waals surface area contributed by atoms with Gasteiger partial charge in [0.2, 0.25) is 0 Å². The largest absolute Gasteiger partial charge is 0.347 e. The van der Waals surface area contributed by atoms with E-state index in [2.05, 4.69) is 17.0 Å². The van der Waals surface area contributed by atoms with Crippen LogP contribution in [0.2, 0.25) is 0 Å². The number of nitro benzene ring substituents is 1. The van der Waals surface area contributed by atoms with Crippen LogP contribution in [0.3, 0.4) is 0 Å². The molecule has 1 heterocycles. The van der Waals surface area contributed by atoms with Gasteiger partial charge in [0.05, 0.1) is 4.92 Å². The standard InChI is InChI=1S/C14H14N4O3/c1-10(2)9-15-14(19)11-7-8-17(16-11)12-5-3-4-6-13(12)18(20)21/h3-8H,1,9H2,2H3,(H,15,19). The highest BCUT2D eigenvalue weighted by Crippen LogP contribution is 2.21. The molecule has 0 aliphatic carbocycles. The molecule has 7 nitrogen and oxygen atoms in total. The van der Waals surface area contributed by atoms with Gasteiger partial charge in [-0.1, -0.05) is 24.3 Å². The summed E-state index contributed by atoms with van der Waals surface area (Å²) in [5.41, 5.74) is 1.24. The number of aromatic nitrogens is 2. The summed E-state index contributed by atoms with van der Waals surface area (Å²) in [5, 5.41) is 17.7. The third-order valence-corrected chi connectivity index (χ3v) is 2.70. The normalized spacial score (nSPS) is 10.1. The van der Waals surface area contributed by atoms with Gasteiger partial charge in [-0.3, -0.25) is 14.9 Å². The van der Waals surface area contributed by atoms with Gasteiger partial charge in [-0.05, 0) is 19.1 Å². The zero-order chi connectivity index (χ0) is 15.4. The van der Waals surface area contributed by atoms with Crippen LogP contribution in [-0.4, -0.2) is 27.2 Å². The van der Waals surface area contributed by atoms with E-state index in [0.29, 0.717) is 12.2 Å². The Morgan fingerprint density at radius 3 is 2.81 bits per heavy atom. The van der Waals surface area contributed by atoms with Crippen LogP contribution in [0, 0.1) is 10.1 Å². The monoisotopic (exact) mass is 286 g/mol. The highest BCUT2D eigenvalue weighted by molar-refractivity contribution is 5.92. The lowest BCUT2D eigenvalue weighted by atomic mass is 10.3. The third kappa shape index (κ3) is 3.33. The van der Waals surface area contributed by atoms with Crippen molar-refractivity contribution in [1.29, 1.82) is 0 Å². The molecule has 0 saturated heterocycles. The fraction of sp³-hybridized carbons (Fsp3) is 0.143. The topological polar surface area (TPSA) is 90.1 Å². The molecule has 1 N–H and O–H groups in total. The molecule has 108 valence electrons. The summed E-state index contributed by atoms with van der Waals surface area (Å²) < 4.78 is 1.31. The molecule has 21 heavy (non-hydrogen) atoms. The molecule has 0 bridgehead atoms. The minimum atomic E-state index is -0.488. The van der Waals surface area contributed by atoms with Gasteiger partial charge >= 0.3 is 0 Å². The number of hydrogen-bond donors (Lipinski definition) is 1. The first-order chi connectivity index (χ1) is 9.99. The zero-order valence-electron chi connectivity index (χ0n) is 11.4. The predicted octanol–water partition coefficient (Wildman–Crippen LogP) is 2.09. The van der Waals surface area contributed by atoms with Crippen molar-refractivity contribution in [3.05, 3.63) is 64.5 Å². The Morgan fingerprint density at radius 2 is 2.14 bits per heavy atom. The van der Waals surface area contributed by atoms with E-state index in [-0.39, 0.29) is 17.3 Å². The minimum Gasteiger partial charge on any atom is -0.347 e. The maximum absolute atomic E-state index is 11.9. The van der Waals surface area contributed by atoms with E-state index < -0.39 is 4.92 Å². The molecule has 0 aliphatic heterocycles. The first-order valence-electron chi connectivity index (χ1n) is 6.21. The van der Waals surface area contributed by atoms with Crippen molar-refractivity contribution in [1.82, 2.24) is 15.1 Å². The van der Waals surface area contributed by atoms with Gasteiger partial charge in [0.25, 0.3) is 11.6 Å². The van der Waals surface area contributed by atoms with Crippen LogP contribution < -0.4 is 5.32 Å². The van der Waals surface area contributed by atoms with E-state index in [1.54, 1.807) is 25.1 Å². The zero-order valence-corrected chi connectivity index (χ0v) is 11.4. The number of benzene rings is 1. The van der Waals surface area contributed by atoms with Gasteiger partial charge in [0.15, 0.2) is 5.69 Å². The van der Waals surface area contributed by atoms with Gasteiger partial charge in [-0.2, -0.15) is 5.10 Å². The summed E-state index contributed by atoms with van der Waals surface area (Å²) in [6, 6.07) is 7.71. The van der Waals surface area contributed by atoms with E-state index in [0.717, 1.165) is 5.57 Å². The Morgan fingerprint density at radius 1 is 1.43 bits per heavy atom. The summed E-state index contributed by atoms with van der Waals surface area (Å²) in [5.74, 6) is -0.352. The quantitative estimate of drug-likeness (QED) is 0.517. The molecule has 0 atom stereocenters. The predicted molar refractivity (Wildman–Crippen MR) is 77.4 cm³/mol. The molecule has 1 amide bonds. The Balaban J connectivity index is 2.26. The van der Waals surface area contributed by atoms with Crippen LogP contribution >= 0.6 is 0 Å². The number of rotatable bonds is 5. The number of nitro groups is 1. The SMILES string of the molecule is C=C(C)CNC(=O)c1ccn(-c2ccccc2[N+](=O)[O-])n1. The van der Waals surface area contributed by atoms with Gasteiger partial charge in [-0.15, -0.1) is 0 Å². The van der Waals surface area contributed by atoms with Crippen molar-refractivity contribution in [2.24, 2.45) is 0 Å². The number of carbonyl (C=O) groups is 1. The van der Waals surface area contributed by atoms with E-state index in [9.17, 15) is 14.9 Å². The Hall–Kier alpha value is -2.96. The lowest BCUT2D eigenvalue weighted by Gasteiger charge is -2.03. The summed E-state index contributed by atoms with van der Waals surface area (Å²) in [7, 11) is 0. The smallest absolute Gasteiger partial charge is 0.294 e. The fourth-order valence-corrected chi connectivity index (χ4v) is 1.71. The molecule has 1 aromatic heterocycles. The first kappa shape index (κ1) is 14.4. The van der Waals surface area contributed by atoms with Crippen molar-refractivity contribution < 1.29 is 9.72 Å². The van der Waals surface area contributed by atoms with Gasteiger partial charge in [-0.25, -0.2) is 4.68 Å². The highest BCUT2D eigenvalue weighted by Gasteiger charge is 2.16. The molecule has 7 heteroatoms. The fourth-order valence-electron chi connectivity index (χ4n) is 1.71. The number of para-hydroxylation sites is 2. The van der Waals surface area contributed by atoms with E-state index >= 15 is 0 Å². The Bertz CT molecular complexity index is 706. The van der Waals surface area contributed by atoms with Crippen molar-refractivity contribution in [2.75, 3.05) is 6.54 Å². The molecule has 1 aromatic carbocycles. The van der Waals surface area contributed by atoms with Crippen molar-refractivity contribution in [3.63, 3.8) is 0 Å². The number of hydrogen-bond acceptors (Lipinski definition) is 4. The number of amides is 1. The second-order valence-corrected chi connectivity index (χ2v) is 4.53. The van der Waals surface area contributed by atoms with Gasteiger partial charge in [0.1, 0.15) is 5.69 Å². The number of carbonyl (C=O) groups excluding carboxylic acids is 1. The lowest BCUT2D eigenvalue weighted by molar-refractivity contribution is -0.384. The molecule has 0 unspecified atom stereocenters. The highest BCUT2D eigenvalue weighted by atomic mass is 16.6. The minimum absolute atomic E-state index is 0.0745. The molecule has 2 rings (SSSR count).